The third-order valence-electron chi connectivity index (χ3n) is 2.71. The van der Waals surface area contributed by atoms with Gasteiger partial charge in [-0.2, -0.15) is 5.10 Å². The molecule has 0 unspecified atom stereocenters. The van der Waals surface area contributed by atoms with E-state index in [9.17, 15) is 9.59 Å². The number of rotatable bonds is 3. The molecule has 2 aromatic rings. The van der Waals surface area contributed by atoms with E-state index in [0.717, 1.165) is 12.0 Å². The maximum absolute atomic E-state index is 12.1. The summed E-state index contributed by atoms with van der Waals surface area (Å²) in [6.45, 7) is 3.90. The second-order valence-corrected chi connectivity index (χ2v) is 3.86. The van der Waals surface area contributed by atoms with Crippen molar-refractivity contribution >= 4 is 16.9 Å². The Hall–Kier alpha value is -2.17. The van der Waals surface area contributed by atoms with Gasteiger partial charge in [-0.1, -0.05) is 13.0 Å². The van der Waals surface area contributed by atoms with Crippen molar-refractivity contribution in [2.24, 2.45) is 0 Å². The number of esters is 1. The van der Waals surface area contributed by atoms with Gasteiger partial charge in [-0.15, -0.1) is 0 Å². The van der Waals surface area contributed by atoms with Crippen LogP contribution in [-0.2, 0) is 11.2 Å². The number of aromatic amines is 1. The lowest BCUT2D eigenvalue weighted by Gasteiger charge is -2.03. The molecule has 0 atom stereocenters. The van der Waals surface area contributed by atoms with Gasteiger partial charge in [0.25, 0.3) is 0 Å². The maximum Gasteiger partial charge on any atom is 0.362 e. The highest BCUT2D eigenvalue weighted by Gasteiger charge is 2.15. The normalized spacial score (nSPS) is 10.6. The number of hydrogen-bond donors (Lipinski definition) is 1. The summed E-state index contributed by atoms with van der Waals surface area (Å²) in [5.74, 6) is -0.692. The molecule has 0 radical (unpaired) electrons. The molecule has 2 rings (SSSR count). The first-order chi connectivity index (χ1) is 8.67. The largest absolute Gasteiger partial charge is 0.461 e. The quantitative estimate of drug-likeness (QED) is 0.836. The van der Waals surface area contributed by atoms with Crippen LogP contribution >= 0.6 is 0 Å². The van der Waals surface area contributed by atoms with Crippen LogP contribution in [0.4, 0.5) is 0 Å². The molecule has 0 bridgehead atoms. The van der Waals surface area contributed by atoms with E-state index < -0.39 is 11.4 Å². The Kier molecular flexibility index (Phi) is 3.41. The second kappa shape index (κ2) is 5.00. The minimum atomic E-state index is -0.692. The number of fused-ring (bicyclic) bond motifs is 1. The minimum Gasteiger partial charge on any atom is -0.461 e. The average Bonchev–Trinajstić information content (AvgIpc) is 2.39. The van der Waals surface area contributed by atoms with E-state index in [1.807, 2.05) is 13.0 Å². The minimum absolute atomic E-state index is 0.197. The molecule has 5 nitrogen and oxygen atoms in total. The first-order valence-corrected chi connectivity index (χ1v) is 5.85. The molecule has 1 N–H and O–H groups in total. The Morgan fingerprint density at radius 2 is 2.17 bits per heavy atom. The lowest BCUT2D eigenvalue weighted by molar-refractivity contribution is 0.0517. The van der Waals surface area contributed by atoms with Gasteiger partial charge in [0.2, 0.25) is 11.1 Å². The fraction of sp³-hybridized carbons (Fsp3) is 0.308. The van der Waals surface area contributed by atoms with Crippen molar-refractivity contribution in [1.82, 2.24) is 10.2 Å². The standard InChI is InChI=1S/C13H14N2O3/c1-3-8-5-6-10-9(7-8)12(16)11(15-14-10)13(17)18-4-2/h5-7H,3-4H2,1-2H3,(H,14,16). The summed E-state index contributed by atoms with van der Waals surface area (Å²) >= 11 is 0. The van der Waals surface area contributed by atoms with Crippen LogP contribution in [0.5, 0.6) is 0 Å². The predicted octanol–water partition coefficient (Wildman–Crippen LogP) is 1.66. The number of aryl methyl sites for hydroxylation is 1. The van der Waals surface area contributed by atoms with Crippen LogP contribution in [0.3, 0.4) is 0 Å². The van der Waals surface area contributed by atoms with Crippen molar-refractivity contribution in [3.05, 3.63) is 39.7 Å². The van der Waals surface area contributed by atoms with Crippen molar-refractivity contribution < 1.29 is 9.53 Å². The third-order valence-corrected chi connectivity index (χ3v) is 2.71. The smallest absolute Gasteiger partial charge is 0.362 e. The number of H-pyrrole nitrogens is 1. The summed E-state index contributed by atoms with van der Waals surface area (Å²) in [7, 11) is 0. The molecular formula is C13H14N2O3. The highest BCUT2D eigenvalue weighted by atomic mass is 16.5. The van der Waals surface area contributed by atoms with Crippen LogP contribution in [0.1, 0.15) is 29.9 Å². The second-order valence-electron chi connectivity index (χ2n) is 3.86. The van der Waals surface area contributed by atoms with Crippen molar-refractivity contribution in [3.63, 3.8) is 0 Å². The SMILES string of the molecule is CCOC(=O)c1n[nH]c2ccc(CC)cc2c1=O. The highest BCUT2D eigenvalue weighted by molar-refractivity contribution is 5.91. The average molecular weight is 246 g/mol. The van der Waals surface area contributed by atoms with Gasteiger partial charge in [0, 0.05) is 5.39 Å². The van der Waals surface area contributed by atoms with E-state index >= 15 is 0 Å². The van der Waals surface area contributed by atoms with E-state index in [0.29, 0.717) is 10.9 Å². The molecule has 5 heteroatoms. The molecule has 1 aromatic heterocycles. The topological polar surface area (TPSA) is 72.0 Å². The monoisotopic (exact) mass is 246 g/mol. The van der Waals surface area contributed by atoms with Crippen LogP contribution in [0, 0.1) is 0 Å². The van der Waals surface area contributed by atoms with Crippen molar-refractivity contribution in [2.75, 3.05) is 6.61 Å². The summed E-state index contributed by atoms with van der Waals surface area (Å²) in [6, 6.07) is 5.49. The van der Waals surface area contributed by atoms with Crippen LogP contribution in [0.25, 0.3) is 10.9 Å². The number of carbonyl (C=O) groups excluding carboxylic acids is 1. The number of carbonyl (C=O) groups is 1. The van der Waals surface area contributed by atoms with Gasteiger partial charge >= 0.3 is 5.97 Å². The number of nitrogens with one attached hydrogen (secondary N) is 1. The Morgan fingerprint density at radius 3 is 2.83 bits per heavy atom. The zero-order valence-corrected chi connectivity index (χ0v) is 10.3. The summed E-state index contributed by atoms with van der Waals surface area (Å²) in [4.78, 5) is 23.7. The summed E-state index contributed by atoms with van der Waals surface area (Å²) < 4.78 is 4.79. The number of aromatic nitrogens is 2. The molecule has 0 aliphatic heterocycles. The van der Waals surface area contributed by atoms with E-state index in [-0.39, 0.29) is 12.3 Å². The molecular weight excluding hydrogens is 232 g/mol. The number of benzene rings is 1. The molecule has 0 saturated heterocycles. The Labute approximate surface area is 104 Å². The molecule has 0 fully saturated rings. The van der Waals surface area contributed by atoms with Gasteiger partial charge in [-0.25, -0.2) is 4.79 Å². The number of nitrogens with zero attached hydrogens (tertiary/aromatic N) is 1. The number of ether oxygens (including phenoxy) is 1. The predicted molar refractivity (Wildman–Crippen MR) is 67.7 cm³/mol. The number of hydrogen-bond acceptors (Lipinski definition) is 4. The van der Waals surface area contributed by atoms with Crippen LogP contribution < -0.4 is 5.43 Å². The van der Waals surface area contributed by atoms with Gasteiger partial charge in [0.1, 0.15) is 0 Å². The Morgan fingerprint density at radius 1 is 1.39 bits per heavy atom. The molecule has 94 valence electrons. The fourth-order valence-corrected chi connectivity index (χ4v) is 1.73. The van der Waals surface area contributed by atoms with Crippen LogP contribution in [-0.4, -0.2) is 22.8 Å². The van der Waals surface area contributed by atoms with E-state index in [1.165, 1.54) is 0 Å². The van der Waals surface area contributed by atoms with Crippen LogP contribution in [0.15, 0.2) is 23.0 Å². The molecule has 1 aromatic carbocycles. The zero-order chi connectivity index (χ0) is 13.1. The van der Waals surface area contributed by atoms with E-state index in [2.05, 4.69) is 10.2 Å². The van der Waals surface area contributed by atoms with Gasteiger partial charge in [0.15, 0.2) is 0 Å². The van der Waals surface area contributed by atoms with Gasteiger partial charge in [-0.3, -0.25) is 9.89 Å². The zero-order valence-electron chi connectivity index (χ0n) is 10.3. The van der Waals surface area contributed by atoms with Gasteiger partial charge in [0.05, 0.1) is 12.1 Å². The van der Waals surface area contributed by atoms with Crippen molar-refractivity contribution in [1.29, 1.82) is 0 Å². The highest BCUT2D eigenvalue weighted by Crippen LogP contribution is 2.10. The lowest BCUT2D eigenvalue weighted by Crippen LogP contribution is -2.21. The fourth-order valence-electron chi connectivity index (χ4n) is 1.73. The summed E-state index contributed by atoms with van der Waals surface area (Å²) in [6.07, 6.45) is 0.826. The lowest BCUT2D eigenvalue weighted by atomic mass is 10.1. The van der Waals surface area contributed by atoms with Crippen LogP contribution in [0.2, 0.25) is 0 Å². The molecule has 1 heterocycles. The van der Waals surface area contributed by atoms with E-state index in [4.69, 9.17) is 4.74 Å². The Balaban J connectivity index is 2.62. The Bertz CT molecular complexity index is 646. The summed E-state index contributed by atoms with van der Waals surface area (Å²) in [5.41, 5.74) is 1.06. The van der Waals surface area contributed by atoms with Gasteiger partial charge in [-0.05, 0) is 31.0 Å². The maximum atomic E-state index is 12.1. The third kappa shape index (κ3) is 2.11. The van der Waals surface area contributed by atoms with E-state index in [1.54, 1.807) is 19.1 Å². The molecule has 0 aliphatic carbocycles. The molecule has 0 saturated carbocycles. The molecule has 18 heavy (non-hydrogen) atoms. The van der Waals surface area contributed by atoms with Crippen molar-refractivity contribution in [2.45, 2.75) is 20.3 Å². The molecule has 0 aliphatic rings. The summed E-state index contributed by atoms with van der Waals surface area (Å²) in [5, 5.41) is 6.93. The van der Waals surface area contributed by atoms with Gasteiger partial charge < -0.3 is 4.74 Å². The molecule has 0 spiro atoms. The molecule has 0 amide bonds. The van der Waals surface area contributed by atoms with Crippen molar-refractivity contribution in [3.8, 4) is 0 Å². The first kappa shape index (κ1) is 12.3. The first-order valence-electron chi connectivity index (χ1n) is 5.85.